The molecule has 0 radical (unpaired) electrons. The molecule has 0 bridgehead atoms. The van der Waals surface area contributed by atoms with E-state index in [2.05, 4.69) is 19.2 Å². The molecule has 4 nitrogen and oxygen atoms in total. The molecule has 4 rings (SSSR count). The summed E-state index contributed by atoms with van der Waals surface area (Å²) in [7, 11) is 0. The fourth-order valence-corrected chi connectivity index (χ4v) is 6.60. The van der Waals surface area contributed by atoms with Gasteiger partial charge in [-0.3, -0.25) is 4.79 Å². The highest BCUT2D eigenvalue weighted by Gasteiger charge is 2.59. The number of hydrogen-bond donors (Lipinski definition) is 2. The van der Waals surface area contributed by atoms with Gasteiger partial charge in [0, 0.05) is 23.5 Å². The number of carboxylic acid groups (broad SMARTS) is 1. The summed E-state index contributed by atoms with van der Waals surface area (Å²) in [5, 5.41) is 12.8. The number of amides is 1. The van der Waals surface area contributed by atoms with Gasteiger partial charge in [-0.05, 0) is 61.7 Å². The van der Waals surface area contributed by atoms with Gasteiger partial charge in [0.05, 0.1) is 0 Å². The van der Waals surface area contributed by atoms with Crippen LogP contribution in [0.1, 0.15) is 58.8 Å². The topological polar surface area (TPSA) is 66.4 Å². The largest absolute Gasteiger partial charge is 0.478 e. The molecule has 3 aliphatic carbocycles. The lowest BCUT2D eigenvalue weighted by Gasteiger charge is -2.59. The van der Waals surface area contributed by atoms with Crippen molar-refractivity contribution in [2.24, 2.45) is 28.6 Å². The average molecular weight is 317 g/mol. The monoisotopic (exact) mass is 317 g/mol. The lowest BCUT2D eigenvalue weighted by atomic mass is 9.47. The lowest BCUT2D eigenvalue weighted by Crippen LogP contribution is -2.61. The molecular formula is C19H27NO3. The number of carbonyl (C=O) groups is 2. The third-order valence-corrected chi connectivity index (χ3v) is 7.91. The Balaban J connectivity index is 1.63. The van der Waals surface area contributed by atoms with Gasteiger partial charge in [-0.1, -0.05) is 19.9 Å². The van der Waals surface area contributed by atoms with E-state index in [4.69, 9.17) is 0 Å². The maximum atomic E-state index is 11.8. The second kappa shape index (κ2) is 4.84. The smallest absolute Gasteiger partial charge is 0.331 e. The predicted molar refractivity (Wildman–Crippen MR) is 86.7 cm³/mol. The molecule has 23 heavy (non-hydrogen) atoms. The Kier molecular flexibility index (Phi) is 3.20. The van der Waals surface area contributed by atoms with E-state index in [9.17, 15) is 14.7 Å². The van der Waals surface area contributed by atoms with Crippen LogP contribution in [0.3, 0.4) is 0 Å². The van der Waals surface area contributed by atoms with Crippen LogP contribution in [0.5, 0.6) is 0 Å². The molecule has 0 aromatic rings. The second-order valence-corrected chi connectivity index (χ2v) is 8.69. The van der Waals surface area contributed by atoms with Crippen LogP contribution in [-0.4, -0.2) is 23.0 Å². The van der Waals surface area contributed by atoms with Crippen LogP contribution in [0.4, 0.5) is 0 Å². The van der Waals surface area contributed by atoms with Crippen LogP contribution in [0.2, 0.25) is 0 Å². The Hall–Kier alpha value is -1.32. The molecular weight excluding hydrogens is 290 g/mol. The zero-order chi connectivity index (χ0) is 16.4. The Morgan fingerprint density at radius 3 is 2.74 bits per heavy atom. The average Bonchev–Trinajstić information content (AvgIpc) is 2.85. The van der Waals surface area contributed by atoms with Gasteiger partial charge < -0.3 is 10.4 Å². The quantitative estimate of drug-likeness (QED) is 0.781. The van der Waals surface area contributed by atoms with Crippen molar-refractivity contribution in [3.63, 3.8) is 0 Å². The van der Waals surface area contributed by atoms with Crippen LogP contribution in [0.15, 0.2) is 11.6 Å². The zero-order valence-corrected chi connectivity index (χ0v) is 14.1. The van der Waals surface area contributed by atoms with Crippen molar-refractivity contribution in [1.29, 1.82) is 0 Å². The Morgan fingerprint density at radius 1 is 1.22 bits per heavy atom. The first-order valence-corrected chi connectivity index (χ1v) is 9.09. The molecule has 0 aromatic carbocycles. The molecule has 0 spiro atoms. The molecule has 2 saturated carbocycles. The van der Waals surface area contributed by atoms with E-state index in [0.717, 1.165) is 38.5 Å². The van der Waals surface area contributed by atoms with Crippen molar-refractivity contribution in [1.82, 2.24) is 5.32 Å². The number of hydrogen-bond acceptors (Lipinski definition) is 2. The first-order chi connectivity index (χ1) is 10.9. The number of carboxylic acids is 1. The molecule has 0 aromatic heterocycles. The number of aliphatic carboxylic acids is 1. The van der Waals surface area contributed by atoms with Crippen LogP contribution in [0, 0.1) is 28.6 Å². The van der Waals surface area contributed by atoms with E-state index in [1.807, 2.05) is 6.08 Å². The highest BCUT2D eigenvalue weighted by molar-refractivity contribution is 5.89. The first-order valence-electron chi connectivity index (χ1n) is 9.09. The summed E-state index contributed by atoms with van der Waals surface area (Å²) in [5.74, 6) is 1.20. The summed E-state index contributed by atoms with van der Waals surface area (Å²) < 4.78 is 0. The van der Waals surface area contributed by atoms with Gasteiger partial charge in [-0.25, -0.2) is 4.79 Å². The predicted octanol–water partition coefficient (Wildman–Crippen LogP) is 3.13. The van der Waals surface area contributed by atoms with Gasteiger partial charge in [0.2, 0.25) is 5.91 Å². The molecule has 1 saturated heterocycles. The Labute approximate surface area is 137 Å². The Morgan fingerprint density at radius 2 is 2.00 bits per heavy atom. The van der Waals surface area contributed by atoms with Crippen LogP contribution >= 0.6 is 0 Å². The van der Waals surface area contributed by atoms with Crippen molar-refractivity contribution >= 4 is 11.9 Å². The van der Waals surface area contributed by atoms with Crippen molar-refractivity contribution in [2.75, 3.05) is 0 Å². The van der Waals surface area contributed by atoms with E-state index in [0.29, 0.717) is 35.8 Å². The lowest BCUT2D eigenvalue weighted by molar-refractivity contribution is -0.139. The maximum absolute atomic E-state index is 11.8. The van der Waals surface area contributed by atoms with Gasteiger partial charge in [0.25, 0.3) is 0 Å². The van der Waals surface area contributed by atoms with Gasteiger partial charge in [-0.15, -0.1) is 0 Å². The molecule has 1 heterocycles. The number of carbonyl (C=O) groups excluding carboxylic acids is 1. The fraction of sp³-hybridized carbons (Fsp3) is 0.789. The summed E-state index contributed by atoms with van der Waals surface area (Å²) in [6.45, 7) is 4.55. The van der Waals surface area contributed by atoms with Crippen molar-refractivity contribution in [3.8, 4) is 0 Å². The molecule has 2 N–H and O–H groups in total. The van der Waals surface area contributed by atoms with Crippen molar-refractivity contribution in [3.05, 3.63) is 11.6 Å². The molecule has 126 valence electrons. The number of fused-ring (bicyclic) bond motifs is 5. The highest BCUT2D eigenvalue weighted by Crippen LogP contribution is 2.64. The second-order valence-electron chi connectivity index (χ2n) is 8.69. The van der Waals surface area contributed by atoms with Gasteiger partial charge in [0.15, 0.2) is 0 Å². The number of piperidine rings is 1. The van der Waals surface area contributed by atoms with Gasteiger partial charge >= 0.3 is 5.97 Å². The number of nitrogens with one attached hydrogen (secondary N) is 1. The highest BCUT2D eigenvalue weighted by atomic mass is 16.4. The minimum absolute atomic E-state index is 0.145. The van der Waals surface area contributed by atoms with E-state index in [1.54, 1.807) is 0 Å². The maximum Gasteiger partial charge on any atom is 0.331 e. The minimum atomic E-state index is -0.724. The zero-order valence-electron chi connectivity index (χ0n) is 14.1. The molecule has 0 unspecified atom stereocenters. The molecule has 1 amide bonds. The van der Waals surface area contributed by atoms with E-state index in [-0.39, 0.29) is 16.7 Å². The van der Waals surface area contributed by atoms with Crippen LogP contribution < -0.4 is 5.32 Å². The summed E-state index contributed by atoms with van der Waals surface area (Å²) in [6.07, 6.45) is 8.83. The minimum Gasteiger partial charge on any atom is -0.478 e. The molecule has 3 fully saturated rings. The van der Waals surface area contributed by atoms with Crippen molar-refractivity contribution in [2.45, 2.75) is 64.8 Å². The van der Waals surface area contributed by atoms with Crippen LogP contribution in [-0.2, 0) is 9.59 Å². The summed E-state index contributed by atoms with van der Waals surface area (Å²) >= 11 is 0. The molecule has 6 atom stereocenters. The SMILES string of the molecule is C[C@]12CCC(=O)N[C@@H]1CC[C@@H]1[C@@H]2CC[C@]2(C)C(C(=O)O)=CC[C@@H]12. The van der Waals surface area contributed by atoms with Gasteiger partial charge in [0.1, 0.15) is 0 Å². The summed E-state index contributed by atoms with van der Waals surface area (Å²) in [4.78, 5) is 23.4. The summed E-state index contributed by atoms with van der Waals surface area (Å²) in [6, 6.07) is 0.322. The van der Waals surface area contributed by atoms with Crippen LogP contribution in [0.25, 0.3) is 0 Å². The van der Waals surface area contributed by atoms with Crippen molar-refractivity contribution < 1.29 is 14.7 Å². The van der Waals surface area contributed by atoms with E-state index in [1.165, 1.54) is 0 Å². The number of allylic oxidation sites excluding steroid dienone is 1. The normalized spacial score (nSPS) is 48.6. The third kappa shape index (κ3) is 1.96. The van der Waals surface area contributed by atoms with E-state index >= 15 is 0 Å². The molecule has 4 aliphatic rings. The first kappa shape index (κ1) is 15.2. The molecule has 4 heteroatoms. The Bertz CT molecular complexity index is 597. The number of rotatable bonds is 1. The third-order valence-electron chi connectivity index (χ3n) is 7.91. The fourth-order valence-electron chi connectivity index (χ4n) is 6.60. The summed E-state index contributed by atoms with van der Waals surface area (Å²) in [5.41, 5.74) is 0.711. The van der Waals surface area contributed by atoms with Gasteiger partial charge in [-0.2, -0.15) is 0 Å². The van der Waals surface area contributed by atoms with E-state index < -0.39 is 5.97 Å². The molecule has 1 aliphatic heterocycles. The standard InChI is InChI=1S/C19H27NO3/c1-18-9-7-13-11(12(18)4-5-14(18)17(22)23)3-6-15-19(13,2)10-8-16(21)20-15/h5,11-13,15H,3-4,6-10H2,1-2H3,(H,20,21)(H,22,23)/t11-,12-,13-,15+,18-,19+/m0/s1.